The molecule has 4 nitrogen and oxygen atoms in total. The predicted molar refractivity (Wildman–Crippen MR) is 125 cm³/mol. The third-order valence-corrected chi connectivity index (χ3v) is 11.2. The summed E-state index contributed by atoms with van der Waals surface area (Å²) in [5.41, 5.74) is 0. The molecule has 0 aromatic rings. The predicted octanol–water partition coefficient (Wildman–Crippen LogP) is 7.29. The Morgan fingerprint density at radius 3 is 1.52 bits per heavy atom. The van der Waals surface area contributed by atoms with E-state index in [9.17, 15) is 14.7 Å². The van der Waals surface area contributed by atoms with Gasteiger partial charge in [-0.3, -0.25) is 0 Å². The molecule has 0 aromatic heterocycles. The first-order valence-corrected chi connectivity index (χ1v) is 14.7. The number of carboxylic acid groups (broad SMARTS) is 1. The fraction of sp³-hybridized carbons (Fsp3) is 0.833. The summed E-state index contributed by atoms with van der Waals surface area (Å²) in [6, 6.07) is 3.03. The largest absolute Gasteiger partial charge is 0.478 e. The van der Waals surface area contributed by atoms with Crippen LogP contribution in [0.25, 0.3) is 0 Å². The Morgan fingerprint density at radius 1 is 0.724 bits per heavy atom. The molecule has 0 heterocycles. The molecule has 170 valence electrons. The van der Waals surface area contributed by atoms with Gasteiger partial charge in [0, 0.05) is 11.3 Å². The van der Waals surface area contributed by atoms with Gasteiger partial charge < -0.3 is 9.84 Å². The van der Waals surface area contributed by atoms with Gasteiger partial charge in [0.15, 0.2) is 0 Å². The summed E-state index contributed by atoms with van der Waals surface area (Å²) < 4.78 is 5.60. The van der Waals surface area contributed by atoms with Crippen LogP contribution in [0.5, 0.6) is 0 Å². The van der Waals surface area contributed by atoms with Crippen LogP contribution in [0.2, 0.25) is 18.1 Å². The Morgan fingerprint density at radius 2 is 1.14 bits per heavy atom. The molecule has 0 spiro atoms. The second kappa shape index (κ2) is 17.7. The van der Waals surface area contributed by atoms with Crippen molar-refractivity contribution in [2.45, 2.75) is 123 Å². The van der Waals surface area contributed by atoms with E-state index in [1.165, 1.54) is 6.08 Å². The molecular weight excluding hydrogens is 380 g/mol. The van der Waals surface area contributed by atoms with Gasteiger partial charge in [0.05, 0.1) is 14.7 Å². The van der Waals surface area contributed by atoms with E-state index in [2.05, 4.69) is 27.7 Å². The van der Waals surface area contributed by atoms with Crippen molar-refractivity contribution in [1.29, 1.82) is 0 Å². The lowest BCUT2D eigenvalue weighted by Gasteiger charge is -2.34. The number of unbranched alkanes of at least 4 members (excludes halogenated alkanes) is 8. The minimum absolute atomic E-state index is 0.348. The van der Waals surface area contributed by atoms with Gasteiger partial charge in [-0.2, -0.15) is 0 Å². The number of carbonyl (C=O) groups excluding carboxylic acids is 1. The first-order chi connectivity index (χ1) is 14.0. The van der Waals surface area contributed by atoms with E-state index in [1.54, 1.807) is 0 Å². The Bertz CT molecular complexity index is 447. The average Bonchev–Trinajstić information content (AvgIpc) is 2.69. The summed E-state index contributed by atoms with van der Waals surface area (Å²) >= 11 is 0. The van der Waals surface area contributed by atoms with Crippen LogP contribution >= 0.6 is 0 Å². The molecule has 0 aliphatic carbocycles. The van der Waals surface area contributed by atoms with Crippen LogP contribution in [-0.4, -0.2) is 31.7 Å². The van der Waals surface area contributed by atoms with Crippen LogP contribution in [0.1, 0.15) is 105 Å². The molecule has 5 heteroatoms. The molecule has 0 saturated heterocycles. The fourth-order valence-corrected chi connectivity index (χ4v) is 9.34. The van der Waals surface area contributed by atoms with E-state index >= 15 is 0 Å². The molecule has 0 aliphatic rings. The van der Waals surface area contributed by atoms with Crippen molar-refractivity contribution in [2.75, 3.05) is 6.61 Å². The number of rotatable bonds is 19. The second-order valence-corrected chi connectivity index (χ2v) is 13.0. The molecule has 0 aliphatic heterocycles. The van der Waals surface area contributed by atoms with Crippen LogP contribution in [0.3, 0.4) is 0 Å². The van der Waals surface area contributed by atoms with E-state index in [0.717, 1.165) is 95.2 Å². The van der Waals surface area contributed by atoms with Crippen molar-refractivity contribution in [2.24, 2.45) is 0 Å². The quantitative estimate of drug-likeness (QED) is 0.102. The van der Waals surface area contributed by atoms with Gasteiger partial charge in [-0.1, -0.05) is 116 Å². The number of hydrogen-bond donors (Lipinski definition) is 1. The molecule has 0 amide bonds. The highest BCUT2D eigenvalue weighted by atomic mass is 28.3. The topological polar surface area (TPSA) is 63.6 Å². The lowest BCUT2D eigenvalue weighted by atomic mass is 10.3. The number of aliphatic carboxylic acids is 1. The molecule has 0 bridgehead atoms. The molecule has 0 saturated carbocycles. The third kappa shape index (κ3) is 12.2. The van der Waals surface area contributed by atoms with Gasteiger partial charge in [-0.25, -0.2) is 9.59 Å². The summed E-state index contributed by atoms with van der Waals surface area (Å²) in [6.07, 6.45) is 14.2. The molecule has 0 aromatic carbocycles. The molecule has 1 N–H and O–H groups in total. The highest BCUT2D eigenvalue weighted by Crippen LogP contribution is 2.36. The minimum atomic E-state index is -2.23. The van der Waals surface area contributed by atoms with Crippen molar-refractivity contribution in [3.63, 3.8) is 0 Å². The zero-order valence-electron chi connectivity index (χ0n) is 19.6. The van der Waals surface area contributed by atoms with Gasteiger partial charge in [-0.05, 0) is 6.42 Å². The van der Waals surface area contributed by atoms with Crippen molar-refractivity contribution in [3.8, 4) is 0 Å². The van der Waals surface area contributed by atoms with Gasteiger partial charge in [-0.15, -0.1) is 0 Å². The van der Waals surface area contributed by atoms with Gasteiger partial charge in [0.1, 0.15) is 0 Å². The van der Waals surface area contributed by atoms with Crippen molar-refractivity contribution in [1.82, 2.24) is 0 Å². The maximum atomic E-state index is 13.1. The molecule has 0 rings (SSSR count). The Kier molecular flexibility index (Phi) is 17.1. The van der Waals surface area contributed by atoms with E-state index in [0.29, 0.717) is 11.8 Å². The fourth-order valence-electron chi connectivity index (χ4n) is 4.07. The maximum absolute atomic E-state index is 13.1. The van der Waals surface area contributed by atoms with Crippen LogP contribution < -0.4 is 0 Å². The zero-order valence-corrected chi connectivity index (χ0v) is 20.6. The van der Waals surface area contributed by atoms with E-state index in [4.69, 9.17) is 4.74 Å². The molecule has 0 unspecified atom stereocenters. The Labute approximate surface area is 180 Å². The number of esters is 1. The molecule has 0 fully saturated rings. The summed E-state index contributed by atoms with van der Waals surface area (Å²) in [6.45, 7) is 9.08. The summed E-state index contributed by atoms with van der Waals surface area (Å²) in [5.74, 6) is -1.36. The standard InChI is InChI=1S/C24H46O4Si/c1-5-9-13-17-28-24(27)22(21-23(25)26)29(18-14-10-6-2,19-15-11-7-3)20-16-12-8-4/h21H,5-20H2,1-4H3,(H,25,26)/b22-21-. The average molecular weight is 427 g/mol. The highest BCUT2D eigenvalue weighted by molar-refractivity contribution is 6.90. The summed E-state index contributed by atoms with van der Waals surface area (Å²) in [4.78, 5) is 24.7. The van der Waals surface area contributed by atoms with E-state index in [1.807, 2.05) is 0 Å². The highest BCUT2D eigenvalue weighted by Gasteiger charge is 2.40. The van der Waals surface area contributed by atoms with Crippen molar-refractivity contribution in [3.05, 3.63) is 11.3 Å². The van der Waals surface area contributed by atoms with E-state index < -0.39 is 14.0 Å². The SMILES string of the molecule is CCCCCOC(=O)/C(=C/C(=O)O)[Si](CCCCC)(CCCCC)CCCCC. The minimum Gasteiger partial charge on any atom is -0.478 e. The van der Waals surface area contributed by atoms with Gasteiger partial charge >= 0.3 is 11.9 Å². The van der Waals surface area contributed by atoms with Gasteiger partial charge in [0.25, 0.3) is 0 Å². The van der Waals surface area contributed by atoms with Crippen LogP contribution in [-0.2, 0) is 14.3 Å². The number of carbonyl (C=O) groups is 2. The normalized spacial score (nSPS) is 12.2. The molecule has 0 radical (unpaired) electrons. The molecular formula is C24H46O4Si. The van der Waals surface area contributed by atoms with Crippen LogP contribution in [0, 0.1) is 0 Å². The molecule has 29 heavy (non-hydrogen) atoms. The summed E-state index contributed by atoms with van der Waals surface area (Å²) in [7, 11) is -2.23. The lowest BCUT2D eigenvalue weighted by Crippen LogP contribution is -2.41. The second-order valence-electron chi connectivity index (χ2n) is 8.39. The van der Waals surface area contributed by atoms with Crippen molar-refractivity contribution >= 4 is 20.0 Å². The van der Waals surface area contributed by atoms with Crippen LogP contribution in [0.4, 0.5) is 0 Å². The Hall–Kier alpha value is -1.10. The number of carboxylic acids is 1. The first-order valence-electron chi connectivity index (χ1n) is 12.1. The zero-order chi connectivity index (χ0) is 22.0. The third-order valence-electron chi connectivity index (χ3n) is 5.82. The number of ether oxygens (including phenoxy) is 1. The van der Waals surface area contributed by atoms with E-state index in [-0.39, 0.29) is 5.97 Å². The monoisotopic (exact) mass is 426 g/mol. The lowest BCUT2D eigenvalue weighted by molar-refractivity contribution is -0.139. The van der Waals surface area contributed by atoms with Crippen LogP contribution in [0.15, 0.2) is 11.3 Å². The Balaban J connectivity index is 5.76. The summed E-state index contributed by atoms with van der Waals surface area (Å²) in [5, 5.41) is 10.1. The van der Waals surface area contributed by atoms with Crippen molar-refractivity contribution < 1.29 is 19.4 Å². The smallest absolute Gasteiger partial charge is 0.330 e. The molecule has 0 atom stereocenters. The maximum Gasteiger partial charge on any atom is 0.330 e. The van der Waals surface area contributed by atoms with Gasteiger partial charge in [0.2, 0.25) is 0 Å². The first kappa shape index (κ1) is 27.9. The number of hydrogen-bond acceptors (Lipinski definition) is 3.